The molecule has 3 heterocycles. The monoisotopic (exact) mass is 359 g/mol. The molecule has 2 aromatic heterocycles. The quantitative estimate of drug-likeness (QED) is 0.555. The Morgan fingerprint density at radius 1 is 1.31 bits per heavy atom. The maximum Gasteiger partial charge on any atom is 0.191 e. The largest absolute Gasteiger partial charge is 0.383 e. The number of guanidine groups is 1. The average Bonchev–Trinajstić information content (AvgIpc) is 3.10. The fourth-order valence-corrected chi connectivity index (χ4v) is 3.26. The number of nitrogens with zero attached hydrogens (tertiary/aromatic N) is 5. The van der Waals surface area contributed by atoms with Crippen molar-refractivity contribution in [3.8, 4) is 0 Å². The highest BCUT2D eigenvalue weighted by molar-refractivity contribution is 5.79. The molecule has 0 spiro atoms. The van der Waals surface area contributed by atoms with Crippen molar-refractivity contribution < 1.29 is 4.74 Å². The average molecular weight is 359 g/mol. The second kappa shape index (κ2) is 9.49. The summed E-state index contributed by atoms with van der Waals surface area (Å²) in [5.41, 5.74) is 0.880. The number of piperidine rings is 1. The minimum Gasteiger partial charge on any atom is -0.383 e. The highest BCUT2D eigenvalue weighted by Gasteiger charge is 2.19. The Bertz CT molecular complexity index is 706. The van der Waals surface area contributed by atoms with Crippen molar-refractivity contribution in [2.24, 2.45) is 4.99 Å². The summed E-state index contributed by atoms with van der Waals surface area (Å²) in [4.78, 5) is 6.80. The van der Waals surface area contributed by atoms with Gasteiger partial charge in [0, 0.05) is 59.0 Å². The maximum absolute atomic E-state index is 5.16. The molecule has 2 N–H and O–H groups in total. The van der Waals surface area contributed by atoms with E-state index in [-0.39, 0.29) is 0 Å². The number of nitrogens with one attached hydrogen (secondary N) is 2. The third-order valence-corrected chi connectivity index (χ3v) is 4.79. The van der Waals surface area contributed by atoms with Gasteiger partial charge in [-0.2, -0.15) is 0 Å². The first kappa shape index (κ1) is 18.6. The van der Waals surface area contributed by atoms with E-state index in [0.717, 1.165) is 69.5 Å². The van der Waals surface area contributed by atoms with Crippen LogP contribution in [0.1, 0.15) is 18.7 Å². The topological polar surface area (TPSA) is 79.1 Å². The number of methoxy groups -OCH3 is 1. The van der Waals surface area contributed by atoms with Crippen LogP contribution in [0.2, 0.25) is 0 Å². The number of rotatable bonds is 7. The van der Waals surface area contributed by atoms with Gasteiger partial charge in [-0.25, -0.2) is 0 Å². The van der Waals surface area contributed by atoms with E-state index in [4.69, 9.17) is 4.74 Å². The Labute approximate surface area is 154 Å². The molecule has 2 aromatic rings. The zero-order chi connectivity index (χ0) is 18.2. The molecule has 8 heteroatoms. The summed E-state index contributed by atoms with van der Waals surface area (Å²) in [6, 6.07) is 6.39. The standard InChI is InChI=1S/C18H29N7O/c1-19-18(21-15-7-11-24(12-8-15)13-14-26-2)20-9-6-17-23-22-16-5-3-4-10-25(16)17/h3-5,10,15H,6-9,11-14H2,1-2H3,(H2,19,20,21). The van der Waals surface area contributed by atoms with E-state index in [1.165, 1.54) is 0 Å². The second-order valence-corrected chi connectivity index (χ2v) is 6.55. The summed E-state index contributed by atoms with van der Waals surface area (Å²) < 4.78 is 7.18. The molecule has 1 fully saturated rings. The van der Waals surface area contributed by atoms with Gasteiger partial charge in [0.05, 0.1) is 6.61 Å². The molecule has 1 aliphatic rings. The number of aliphatic imine (C=N–C) groups is 1. The van der Waals surface area contributed by atoms with Gasteiger partial charge in [0.1, 0.15) is 5.82 Å². The predicted molar refractivity (Wildman–Crippen MR) is 103 cm³/mol. The molecule has 142 valence electrons. The molecule has 1 aliphatic heterocycles. The molecule has 0 radical (unpaired) electrons. The van der Waals surface area contributed by atoms with E-state index < -0.39 is 0 Å². The van der Waals surface area contributed by atoms with Gasteiger partial charge < -0.3 is 20.3 Å². The van der Waals surface area contributed by atoms with E-state index in [1.807, 2.05) is 35.8 Å². The summed E-state index contributed by atoms with van der Waals surface area (Å²) in [5.74, 6) is 1.81. The van der Waals surface area contributed by atoms with Crippen LogP contribution in [-0.2, 0) is 11.2 Å². The molecular weight excluding hydrogens is 330 g/mol. The van der Waals surface area contributed by atoms with Crippen LogP contribution in [0.3, 0.4) is 0 Å². The number of aromatic nitrogens is 3. The molecule has 0 bridgehead atoms. The summed E-state index contributed by atoms with van der Waals surface area (Å²) >= 11 is 0. The number of hydrogen-bond acceptors (Lipinski definition) is 5. The van der Waals surface area contributed by atoms with Crippen LogP contribution in [-0.4, -0.2) is 78.4 Å². The first-order valence-corrected chi connectivity index (χ1v) is 9.27. The van der Waals surface area contributed by atoms with Crippen LogP contribution >= 0.6 is 0 Å². The van der Waals surface area contributed by atoms with Crippen molar-refractivity contribution >= 4 is 11.6 Å². The van der Waals surface area contributed by atoms with Crippen LogP contribution in [0.25, 0.3) is 5.65 Å². The fourth-order valence-electron chi connectivity index (χ4n) is 3.26. The highest BCUT2D eigenvalue weighted by atomic mass is 16.5. The molecule has 0 atom stereocenters. The molecule has 0 aliphatic carbocycles. The van der Waals surface area contributed by atoms with Gasteiger partial charge >= 0.3 is 0 Å². The van der Waals surface area contributed by atoms with Gasteiger partial charge in [-0.05, 0) is 25.0 Å². The van der Waals surface area contributed by atoms with Gasteiger partial charge in [-0.3, -0.25) is 9.39 Å². The zero-order valence-electron chi connectivity index (χ0n) is 15.7. The first-order valence-electron chi connectivity index (χ1n) is 9.27. The minimum atomic E-state index is 0.467. The lowest BCUT2D eigenvalue weighted by Crippen LogP contribution is -2.49. The van der Waals surface area contributed by atoms with E-state index in [1.54, 1.807) is 7.11 Å². The smallest absolute Gasteiger partial charge is 0.191 e. The molecule has 26 heavy (non-hydrogen) atoms. The molecule has 1 saturated heterocycles. The normalized spacial score (nSPS) is 16.9. The Balaban J connectivity index is 1.41. The summed E-state index contributed by atoms with van der Waals surface area (Å²) in [6.45, 7) is 4.79. The molecule has 0 aromatic carbocycles. The van der Waals surface area contributed by atoms with Crippen molar-refractivity contribution in [1.29, 1.82) is 0 Å². The number of ether oxygens (including phenoxy) is 1. The lowest BCUT2D eigenvalue weighted by molar-refractivity contribution is 0.128. The predicted octanol–water partition coefficient (Wildman–Crippen LogP) is 0.548. The van der Waals surface area contributed by atoms with Crippen molar-refractivity contribution in [2.75, 3.05) is 46.9 Å². The number of hydrogen-bond donors (Lipinski definition) is 2. The number of fused-ring (bicyclic) bond motifs is 1. The zero-order valence-corrected chi connectivity index (χ0v) is 15.7. The van der Waals surface area contributed by atoms with E-state index in [2.05, 4.69) is 30.7 Å². The molecule has 0 amide bonds. The van der Waals surface area contributed by atoms with Crippen LogP contribution in [0.5, 0.6) is 0 Å². The Morgan fingerprint density at radius 3 is 2.92 bits per heavy atom. The van der Waals surface area contributed by atoms with Crippen molar-refractivity contribution in [2.45, 2.75) is 25.3 Å². The van der Waals surface area contributed by atoms with Crippen molar-refractivity contribution in [3.05, 3.63) is 30.2 Å². The first-order chi connectivity index (χ1) is 12.8. The lowest BCUT2D eigenvalue weighted by atomic mass is 10.1. The number of likely N-dealkylation sites (tertiary alicyclic amines) is 1. The van der Waals surface area contributed by atoms with Crippen LogP contribution < -0.4 is 10.6 Å². The third kappa shape index (κ3) is 4.92. The van der Waals surface area contributed by atoms with Gasteiger partial charge in [-0.15, -0.1) is 10.2 Å². The Hall–Kier alpha value is -2.19. The molecule has 0 saturated carbocycles. The summed E-state index contributed by atoms with van der Waals surface area (Å²) in [6.07, 6.45) is 5.04. The molecule has 8 nitrogen and oxygen atoms in total. The molecular formula is C18H29N7O. The van der Waals surface area contributed by atoms with Crippen LogP contribution in [0, 0.1) is 0 Å². The van der Waals surface area contributed by atoms with E-state index in [9.17, 15) is 0 Å². The number of pyridine rings is 1. The Morgan fingerprint density at radius 2 is 2.15 bits per heavy atom. The maximum atomic E-state index is 5.16. The summed E-state index contributed by atoms with van der Waals surface area (Å²) in [5, 5.41) is 15.4. The van der Waals surface area contributed by atoms with Crippen molar-refractivity contribution in [1.82, 2.24) is 30.1 Å². The van der Waals surface area contributed by atoms with E-state index >= 15 is 0 Å². The second-order valence-electron chi connectivity index (χ2n) is 6.55. The van der Waals surface area contributed by atoms with Crippen LogP contribution in [0.15, 0.2) is 29.4 Å². The third-order valence-electron chi connectivity index (χ3n) is 4.79. The van der Waals surface area contributed by atoms with Gasteiger partial charge in [0.2, 0.25) is 0 Å². The summed E-state index contributed by atoms with van der Waals surface area (Å²) in [7, 11) is 3.57. The highest BCUT2D eigenvalue weighted by Crippen LogP contribution is 2.09. The molecule has 3 rings (SSSR count). The minimum absolute atomic E-state index is 0.467. The fraction of sp³-hybridized carbons (Fsp3) is 0.611. The molecule has 0 unspecified atom stereocenters. The lowest BCUT2D eigenvalue weighted by Gasteiger charge is -2.32. The SMILES string of the molecule is CN=C(NCCc1nnc2ccccn12)NC1CCN(CCOC)CC1. The van der Waals surface area contributed by atoms with Gasteiger partial charge in [-0.1, -0.05) is 6.07 Å². The van der Waals surface area contributed by atoms with E-state index in [0.29, 0.717) is 6.04 Å². The van der Waals surface area contributed by atoms with Gasteiger partial charge in [0.25, 0.3) is 0 Å². The van der Waals surface area contributed by atoms with Crippen molar-refractivity contribution in [3.63, 3.8) is 0 Å². The van der Waals surface area contributed by atoms with Gasteiger partial charge in [0.15, 0.2) is 11.6 Å². The van der Waals surface area contributed by atoms with Crippen LogP contribution in [0.4, 0.5) is 0 Å². The Kier molecular flexibility index (Phi) is 6.79.